The number of hydrogen-bond donors (Lipinski definition) is 1. The fourth-order valence-corrected chi connectivity index (χ4v) is 2.31. The fraction of sp³-hybridized carbons (Fsp3) is 0.357. The van der Waals surface area contributed by atoms with E-state index >= 15 is 0 Å². The van der Waals surface area contributed by atoms with Crippen LogP contribution in [0.2, 0.25) is 0 Å². The van der Waals surface area contributed by atoms with Crippen LogP contribution < -0.4 is 4.90 Å². The number of hydrogen-bond acceptors (Lipinski definition) is 3. The van der Waals surface area contributed by atoms with Gasteiger partial charge in [0.25, 0.3) is 0 Å². The summed E-state index contributed by atoms with van der Waals surface area (Å²) in [5, 5.41) is 18.0. The third-order valence-electron chi connectivity index (χ3n) is 3.48. The number of carboxylic acid groups (broad SMARTS) is 1. The zero-order valence-corrected chi connectivity index (χ0v) is 11.1. The van der Waals surface area contributed by atoms with E-state index in [2.05, 4.69) is 0 Å². The minimum Gasteiger partial charge on any atom is -0.481 e. The van der Waals surface area contributed by atoms with E-state index in [0.717, 1.165) is 0 Å². The number of aliphatic carboxylic acids is 1. The van der Waals surface area contributed by atoms with Gasteiger partial charge in [-0.15, -0.1) is 0 Å². The molecule has 2 rings (SSSR count). The lowest BCUT2D eigenvalue weighted by atomic mass is 10.1. The largest absolute Gasteiger partial charge is 0.481 e. The predicted octanol–water partition coefficient (Wildman–Crippen LogP) is 1.52. The summed E-state index contributed by atoms with van der Waals surface area (Å²) in [5.41, 5.74) is 0.941. The fourth-order valence-electron chi connectivity index (χ4n) is 2.31. The highest BCUT2D eigenvalue weighted by molar-refractivity contribution is 5.93. The van der Waals surface area contributed by atoms with Crippen molar-refractivity contribution in [3.63, 3.8) is 0 Å². The molecule has 6 heteroatoms. The molecule has 2 amide bonds. The van der Waals surface area contributed by atoms with Gasteiger partial charge in [0.15, 0.2) is 0 Å². The van der Waals surface area contributed by atoms with Crippen LogP contribution in [-0.2, 0) is 4.79 Å². The summed E-state index contributed by atoms with van der Waals surface area (Å²) >= 11 is 0. The molecule has 0 spiro atoms. The molecule has 1 saturated heterocycles. The Labute approximate surface area is 116 Å². The number of likely N-dealkylation sites (tertiary alicyclic amines) is 1. The highest BCUT2D eigenvalue weighted by atomic mass is 16.4. The van der Waals surface area contributed by atoms with E-state index in [1.165, 1.54) is 9.80 Å². The molecule has 0 bridgehead atoms. The number of amides is 2. The lowest BCUT2D eigenvalue weighted by Crippen LogP contribution is -2.40. The molecule has 20 heavy (non-hydrogen) atoms. The molecule has 1 aromatic rings. The summed E-state index contributed by atoms with van der Waals surface area (Å²) in [6.45, 7) is 0.641. The molecule has 0 aliphatic carbocycles. The maximum atomic E-state index is 12.3. The molecule has 1 aliphatic heterocycles. The van der Waals surface area contributed by atoms with E-state index in [9.17, 15) is 9.59 Å². The smallest absolute Gasteiger partial charge is 0.324 e. The van der Waals surface area contributed by atoms with Crippen LogP contribution in [0.5, 0.6) is 0 Å². The van der Waals surface area contributed by atoms with Gasteiger partial charge in [0.1, 0.15) is 6.07 Å². The number of carbonyl (C=O) groups is 2. The van der Waals surface area contributed by atoms with Crippen molar-refractivity contribution in [2.45, 2.75) is 6.42 Å². The van der Waals surface area contributed by atoms with Gasteiger partial charge >= 0.3 is 12.0 Å². The Hall–Kier alpha value is -2.55. The number of anilines is 1. The second kappa shape index (κ2) is 5.61. The van der Waals surface area contributed by atoms with Crippen molar-refractivity contribution in [3.8, 4) is 6.07 Å². The second-order valence-corrected chi connectivity index (χ2v) is 4.74. The Kier molecular flexibility index (Phi) is 3.89. The van der Waals surface area contributed by atoms with E-state index in [1.807, 2.05) is 6.07 Å². The summed E-state index contributed by atoms with van der Waals surface area (Å²) in [4.78, 5) is 26.1. The molecule has 104 valence electrons. The quantitative estimate of drug-likeness (QED) is 0.885. The van der Waals surface area contributed by atoms with Crippen LogP contribution >= 0.6 is 0 Å². The topological polar surface area (TPSA) is 84.6 Å². The van der Waals surface area contributed by atoms with E-state index in [1.54, 1.807) is 31.3 Å². The van der Waals surface area contributed by atoms with Gasteiger partial charge < -0.3 is 10.0 Å². The molecule has 0 saturated carbocycles. The van der Waals surface area contributed by atoms with Crippen LogP contribution in [0.3, 0.4) is 0 Å². The van der Waals surface area contributed by atoms with Crippen molar-refractivity contribution >= 4 is 17.7 Å². The zero-order chi connectivity index (χ0) is 14.7. The van der Waals surface area contributed by atoms with Crippen LogP contribution in [0.15, 0.2) is 24.3 Å². The van der Waals surface area contributed by atoms with Gasteiger partial charge in [-0.3, -0.25) is 9.69 Å². The first-order valence-corrected chi connectivity index (χ1v) is 6.29. The van der Waals surface area contributed by atoms with Crippen LogP contribution in [0.4, 0.5) is 10.5 Å². The average Bonchev–Trinajstić information content (AvgIpc) is 2.95. The highest BCUT2D eigenvalue weighted by Crippen LogP contribution is 2.23. The first-order valence-electron chi connectivity index (χ1n) is 6.29. The maximum Gasteiger partial charge on any atom is 0.324 e. The van der Waals surface area contributed by atoms with Crippen molar-refractivity contribution < 1.29 is 14.7 Å². The number of nitriles is 1. The Bertz CT molecular complexity index is 579. The number of nitrogens with zero attached hydrogens (tertiary/aromatic N) is 3. The van der Waals surface area contributed by atoms with Gasteiger partial charge in [0.05, 0.1) is 17.2 Å². The second-order valence-electron chi connectivity index (χ2n) is 4.74. The molecule has 6 nitrogen and oxygen atoms in total. The van der Waals surface area contributed by atoms with Gasteiger partial charge in [0.2, 0.25) is 0 Å². The van der Waals surface area contributed by atoms with E-state index < -0.39 is 11.9 Å². The van der Waals surface area contributed by atoms with Crippen LogP contribution in [0, 0.1) is 17.2 Å². The Balaban J connectivity index is 2.14. The lowest BCUT2D eigenvalue weighted by molar-refractivity contribution is -0.141. The van der Waals surface area contributed by atoms with Crippen LogP contribution in [-0.4, -0.2) is 42.1 Å². The number of carboxylic acids is 1. The number of urea groups is 1. The molecule has 1 fully saturated rings. The van der Waals surface area contributed by atoms with Gasteiger partial charge in [-0.2, -0.15) is 5.26 Å². The van der Waals surface area contributed by atoms with Crippen molar-refractivity contribution in [1.82, 2.24) is 4.90 Å². The number of benzene rings is 1. The Morgan fingerprint density at radius 2 is 2.15 bits per heavy atom. The normalized spacial score (nSPS) is 17.6. The molecular formula is C14H15N3O3. The molecular weight excluding hydrogens is 258 g/mol. The van der Waals surface area contributed by atoms with Crippen molar-refractivity contribution in [2.24, 2.45) is 5.92 Å². The maximum absolute atomic E-state index is 12.3. The summed E-state index contributed by atoms with van der Waals surface area (Å²) in [5.74, 6) is -1.38. The Morgan fingerprint density at radius 1 is 1.45 bits per heavy atom. The minimum atomic E-state index is -0.875. The van der Waals surface area contributed by atoms with E-state index in [-0.39, 0.29) is 12.6 Å². The molecule has 1 aliphatic rings. The van der Waals surface area contributed by atoms with Gasteiger partial charge in [-0.05, 0) is 18.6 Å². The number of para-hydroxylation sites is 1. The first-order chi connectivity index (χ1) is 9.54. The monoisotopic (exact) mass is 273 g/mol. The van der Waals surface area contributed by atoms with Gasteiger partial charge in [-0.1, -0.05) is 12.1 Å². The SMILES string of the molecule is CN(C(=O)N1CCC(C(=O)O)C1)c1ccccc1C#N. The first kappa shape index (κ1) is 13.9. The molecule has 0 aromatic heterocycles. The lowest BCUT2D eigenvalue weighted by Gasteiger charge is -2.25. The summed E-state index contributed by atoms with van der Waals surface area (Å²) in [6, 6.07) is 8.59. The van der Waals surface area contributed by atoms with Crippen molar-refractivity contribution in [1.29, 1.82) is 5.26 Å². The van der Waals surface area contributed by atoms with Gasteiger partial charge in [0, 0.05) is 20.1 Å². The third kappa shape index (κ3) is 2.57. The Morgan fingerprint density at radius 3 is 2.75 bits per heavy atom. The number of rotatable bonds is 2. The van der Waals surface area contributed by atoms with Crippen LogP contribution in [0.1, 0.15) is 12.0 Å². The average molecular weight is 273 g/mol. The highest BCUT2D eigenvalue weighted by Gasteiger charge is 2.32. The van der Waals surface area contributed by atoms with Crippen LogP contribution in [0.25, 0.3) is 0 Å². The third-order valence-corrected chi connectivity index (χ3v) is 3.48. The summed E-state index contributed by atoms with van der Waals surface area (Å²) in [7, 11) is 1.59. The minimum absolute atomic E-state index is 0.216. The van der Waals surface area contributed by atoms with Crippen molar-refractivity contribution in [3.05, 3.63) is 29.8 Å². The molecule has 1 N–H and O–H groups in total. The number of carbonyl (C=O) groups excluding carboxylic acids is 1. The predicted molar refractivity (Wildman–Crippen MR) is 72.3 cm³/mol. The van der Waals surface area contributed by atoms with E-state index in [4.69, 9.17) is 10.4 Å². The standard InChI is InChI=1S/C14H15N3O3/c1-16(12-5-3-2-4-10(12)8-15)14(20)17-7-6-11(9-17)13(18)19/h2-5,11H,6-7,9H2,1H3,(H,18,19). The molecule has 1 aromatic carbocycles. The van der Waals surface area contributed by atoms with E-state index in [0.29, 0.717) is 24.2 Å². The molecule has 1 unspecified atom stereocenters. The molecule has 0 radical (unpaired) electrons. The molecule has 1 heterocycles. The summed E-state index contributed by atoms with van der Waals surface area (Å²) < 4.78 is 0. The summed E-state index contributed by atoms with van der Waals surface area (Å²) in [6.07, 6.45) is 0.467. The zero-order valence-electron chi connectivity index (χ0n) is 11.1. The molecule has 1 atom stereocenters. The van der Waals surface area contributed by atoms with Crippen molar-refractivity contribution in [2.75, 3.05) is 25.0 Å². The van der Waals surface area contributed by atoms with Gasteiger partial charge in [-0.25, -0.2) is 4.79 Å².